The van der Waals surface area contributed by atoms with Crippen LogP contribution in [0.2, 0.25) is 5.02 Å². The molecule has 2 fully saturated rings. The monoisotopic (exact) mass is 775 g/mol. The number of pyridine rings is 1. The van der Waals surface area contributed by atoms with E-state index in [0.29, 0.717) is 30.0 Å². The first-order chi connectivity index (χ1) is 25.4. The van der Waals surface area contributed by atoms with Crippen LogP contribution in [0.5, 0.6) is 5.75 Å². The van der Waals surface area contributed by atoms with Crippen molar-refractivity contribution in [3.05, 3.63) is 77.1 Å². The van der Waals surface area contributed by atoms with Gasteiger partial charge in [0, 0.05) is 61.2 Å². The van der Waals surface area contributed by atoms with E-state index in [1.165, 1.54) is 10.4 Å². The zero-order chi connectivity index (χ0) is 38.2. The highest BCUT2D eigenvalue weighted by atomic mass is 35.5. The lowest BCUT2D eigenvalue weighted by Crippen LogP contribution is -2.50. The molecule has 0 bridgehead atoms. The van der Waals surface area contributed by atoms with Gasteiger partial charge in [0.05, 0.1) is 23.7 Å². The molecule has 2 aromatic carbocycles. The van der Waals surface area contributed by atoms with E-state index in [2.05, 4.69) is 27.0 Å². The molecule has 2 saturated carbocycles. The fourth-order valence-electron chi connectivity index (χ4n) is 6.10. The van der Waals surface area contributed by atoms with E-state index in [1.807, 2.05) is 30.5 Å². The van der Waals surface area contributed by atoms with E-state index in [4.69, 9.17) is 21.4 Å². The number of unbranched alkanes of at least 4 members (excludes halogenated alkanes) is 1. The van der Waals surface area contributed by atoms with Crippen molar-refractivity contribution >= 4 is 27.7 Å². The van der Waals surface area contributed by atoms with E-state index < -0.39 is 53.6 Å². The molecule has 53 heavy (non-hydrogen) atoms. The summed E-state index contributed by atoms with van der Waals surface area (Å²) in [6.07, 6.45) is 1.91. The van der Waals surface area contributed by atoms with Crippen LogP contribution in [0.1, 0.15) is 56.6 Å². The number of aromatic nitrogens is 1. The largest absolute Gasteiger partial charge is 0.490 e. The Kier molecular flexibility index (Phi) is 14.1. The lowest BCUT2D eigenvalue weighted by atomic mass is 9.94. The molecule has 0 saturated heterocycles. The van der Waals surface area contributed by atoms with Gasteiger partial charge in [-0.3, -0.25) is 4.98 Å². The Morgan fingerprint density at radius 3 is 2.45 bits per heavy atom. The predicted molar refractivity (Wildman–Crippen MR) is 199 cm³/mol. The number of carbonyl (C=O) groups excluding carboxylic acids is 1. The number of nitrogens with one attached hydrogen (secondary N) is 3. The van der Waals surface area contributed by atoms with Crippen molar-refractivity contribution in [2.24, 2.45) is 0 Å². The van der Waals surface area contributed by atoms with Crippen molar-refractivity contribution in [2.45, 2.75) is 92.9 Å². The van der Waals surface area contributed by atoms with E-state index in [9.17, 15) is 33.6 Å². The quantitative estimate of drug-likeness (QED) is 0.0735. The molecule has 2 aliphatic carbocycles. The van der Waals surface area contributed by atoms with Crippen LogP contribution < -0.4 is 20.7 Å². The van der Waals surface area contributed by atoms with Crippen LogP contribution in [0.25, 0.3) is 11.1 Å². The highest BCUT2D eigenvalue weighted by Gasteiger charge is 2.46. The Hall–Kier alpha value is -3.38. The Balaban J connectivity index is 1.14. The number of rotatable bonds is 21. The first-order valence-electron chi connectivity index (χ1n) is 18.0. The van der Waals surface area contributed by atoms with Crippen LogP contribution in [0, 0.1) is 0 Å². The van der Waals surface area contributed by atoms with Gasteiger partial charge < -0.3 is 46.2 Å². The molecule has 0 radical (unpaired) electrons. The molecule has 0 aliphatic heterocycles. The highest BCUT2D eigenvalue weighted by molar-refractivity contribution is 7.89. The number of carbonyl (C=O) groups is 1. The average Bonchev–Trinajstić information content (AvgIpc) is 4.11. The lowest BCUT2D eigenvalue weighted by Gasteiger charge is -2.25. The number of sulfonamides is 1. The van der Waals surface area contributed by atoms with Gasteiger partial charge in [-0.2, -0.15) is 4.31 Å². The Morgan fingerprint density at radius 2 is 1.75 bits per heavy atom. The van der Waals surface area contributed by atoms with Gasteiger partial charge in [-0.1, -0.05) is 36.7 Å². The summed E-state index contributed by atoms with van der Waals surface area (Å²) in [5.41, 5.74) is 3.43. The van der Waals surface area contributed by atoms with Crippen molar-refractivity contribution in [1.82, 2.24) is 25.2 Å². The number of ether oxygens (including phenoxy) is 1. The molecular formula is C37H50ClN5O9S. The minimum atomic E-state index is -3.86. The van der Waals surface area contributed by atoms with Gasteiger partial charge in [-0.05, 0) is 85.5 Å². The molecule has 16 heteroatoms. The normalized spacial score (nSPS) is 17.5. The Morgan fingerprint density at radius 1 is 1.02 bits per heavy atom. The number of aliphatic hydroxyl groups excluding tert-OH is 5. The third-order valence-corrected chi connectivity index (χ3v) is 12.0. The molecule has 1 heterocycles. The van der Waals surface area contributed by atoms with Crippen LogP contribution in [0.15, 0.2) is 65.8 Å². The second-order valence-electron chi connectivity index (χ2n) is 13.6. The summed E-state index contributed by atoms with van der Waals surface area (Å²) in [4.78, 5) is 16.7. The predicted octanol–water partition coefficient (Wildman–Crippen LogP) is 2.25. The summed E-state index contributed by atoms with van der Waals surface area (Å²) in [5, 5.41) is 56.9. The second kappa shape index (κ2) is 18.3. The summed E-state index contributed by atoms with van der Waals surface area (Å²) >= 11 is 6.62. The minimum Gasteiger partial charge on any atom is -0.490 e. The summed E-state index contributed by atoms with van der Waals surface area (Å²) in [6.45, 7) is 1.54. The van der Waals surface area contributed by atoms with Crippen molar-refractivity contribution in [2.75, 3.05) is 32.8 Å². The van der Waals surface area contributed by atoms with Crippen molar-refractivity contribution in [3.63, 3.8) is 0 Å². The molecule has 4 atom stereocenters. The summed E-state index contributed by atoms with van der Waals surface area (Å²) in [6, 6.07) is 14.1. The maximum atomic E-state index is 13.7. The van der Waals surface area contributed by atoms with Gasteiger partial charge in [0.1, 0.15) is 24.1 Å². The van der Waals surface area contributed by atoms with Gasteiger partial charge >= 0.3 is 6.03 Å². The number of nitrogens with zero attached hydrogens (tertiary/aromatic N) is 2. The summed E-state index contributed by atoms with van der Waals surface area (Å²) in [7, 11) is -3.86. The lowest BCUT2D eigenvalue weighted by molar-refractivity contribution is -0.113. The number of amides is 2. The van der Waals surface area contributed by atoms with Crippen molar-refractivity contribution in [3.8, 4) is 16.9 Å². The number of halogens is 1. The van der Waals surface area contributed by atoms with Gasteiger partial charge in [0.25, 0.3) is 0 Å². The van der Waals surface area contributed by atoms with Gasteiger partial charge in [0.15, 0.2) is 0 Å². The smallest absolute Gasteiger partial charge is 0.314 e. The highest BCUT2D eigenvalue weighted by Crippen LogP contribution is 2.50. The van der Waals surface area contributed by atoms with E-state index in [0.717, 1.165) is 48.1 Å². The second-order valence-corrected chi connectivity index (χ2v) is 15.9. The Labute approximate surface area is 315 Å². The summed E-state index contributed by atoms with van der Waals surface area (Å²) in [5.74, 6) is 0.853. The van der Waals surface area contributed by atoms with Crippen LogP contribution in [0.3, 0.4) is 0 Å². The molecule has 1 aromatic heterocycles. The van der Waals surface area contributed by atoms with Crippen LogP contribution >= 0.6 is 11.6 Å². The molecular weight excluding hydrogens is 726 g/mol. The molecule has 8 N–H and O–H groups in total. The number of hydrogen-bond donors (Lipinski definition) is 8. The van der Waals surface area contributed by atoms with Crippen molar-refractivity contribution < 1.29 is 43.5 Å². The standard InChI is InChI=1S/C37H50ClN5O9S/c1-2-43(18-6-5-16-40-36(49)41-22-31(45)34(47)35(48)32(46)23-44)53(50,51)26-11-12-30(38)24(19-26)20-42-37(14-15-37)29-21-39-17-13-27(29)28-7-3-4-8-33(28)52-25-9-10-25/h3-4,7-8,11-13,17,19,21,25,31-32,34-35,42,44-48H,2,5-6,9-10,14-16,18,20,22-23H2,1H3,(H2,40,41,49). The average molecular weight is 776 g/mol. The molecule has 0 spiro atoms. The molecule has 2 amide bonds. The molecule has 14 nitrogen and oxygen atoms in total. The van der Waals surface area contributed by atoms with Gasteiger partial charge in [-0.25, -0.2) is 13.2 Å². The fraction of sp³-hybridized carbons (Fsp3) is 0.514. The molecule has 5 rings (SSSR count). The van der Waals surface area contributed by atoms with Crippen molar-refractivity contribution in [1.29, 1.82) is 0 Å². The van der Waals surface area contributed by atoms with E-state index in [1.54, 1.807) is 25.3 Å². The van der Waals surface area contributed by atoms with Gasteiger partial charge in [-0.15, -0.1) is 0 Å². The van der Waals surface area contributed by atoms with Crippen LogP contribution in [-0.2, 0) is 22.1 Å². The molecule has 3 aromatic rings. The molecule has 2 aliphatic rings. The first-order valence-corrected chi connectivity index (χ1v) is 19.8. The minimum absolute atomic E-state index is 0.133. The van der Waals surface area contributed by atoms with Gasteiger partial charge in [0.2, 0.25) is 10.0 Å². The maximum absolute atomic E-state index is 13.7. The topological polar surface area (TPSA) is 214 Å². The SMILES string of the molecule is CCN(CCCCNC(=O)NCC(O)C(O)C(O)C(O)CO)S(=O)(=O)c1ccc(Cl)c(CNC2(c3cnccc3-c3ccccc3OC3CC3)CC2)c1. The maximum Gasteiger partial charge on any atom is 0.314 e. The number of para-hydroxylation sites is 1. The number of urea groups is 1. The zero-order valence-electron chi connectivity index (χ0n) is 29.7. The molecule has 4 unspecified atom stereocenters. The molecule has 290 valence electrons. The van der Waals surface area contributed by atoms with Crippen LogP contribution in [-0.4, -0.2) is 113 Å². The zero-order valence-corrected chi connectivity index (χ0v) is 31.3. The van der Waals surface area contributed by atoms with Crippen LogP contribution in [0.4, 0.5) is 4.79 Å². The number of aliphatic hydroxyl groups is 5. The Bertz CT molecular complexity index is 1790. The first kappa shape index (κ1) is 40.8. The third kappa shape index (κ3) is 10.4. The van der Waals surface area contributed by atoms with E-state index >= 15 is 0 Å². The third-order valence-electron chi connectivity index (χ3n) is 9.62. The number of benzene rings is 2. The number of hydrogen-bond acceptors (Lipinski definition) is 11. The fourth-order valence-corrected chi connectivity index (χ4v) is 7.83. The summed E-state index contributed by atoms with van der Waals surface area (Å²) < 4.78 is 35.1. The van der Waals surface area contributed by atoms with E-state index in [-0.39, 0.29) is 36.2 Å².